The molecule has 3 amide bonds. The Labute approximate surface area is 174 Å². The van der Waals surface area contributed by atoms with E-state index in [0.29, 0.717) is 16.5 Å². The smallest absolute Gasteiger partial charge is 0.367 e. The van der Waals surface area contributed by atoms with E-state index in [-0.39, 0.29) is 22.5 Å². The molecule has 0 saturated heterocycles. The van der Waals surface area contributed by atoms with Gasteiger partial charge in [-0.15, -0.1) is 11.3 Å². The molecule has 150 valence electrons. The average Bonchev–Trinajstić information content (AvgIpc) is 3.50. The normalized spacial score (nSPS) is 14.6. The number of thiophene rings is 1. The van der Waals surface area contributed by atoms with Gasteiger partial charge in [-0.2, -0.15) is 0 Å². The maximum Gasteiger partial charge on any atom is 0.367 e. The number of amides is 3. The van der Waals surface area contributed by atoms with Gasteiger partial charge >= 0.3 is 5.97 Å². The van der Waals surface area contributed by atoms with E-state index in [1.807, 2.05) is 0 Å². The summed E-state index contributed by atoms with van der Waals surface area (Å²) in [4.78, 5) is 56.6. The summed E-state index contributed by atoms with van der Waals surface area (Å²) in [7, 11) is 0. The van der Waals surface area contributed by atoms with Crippen LogP contribution in [0.1, 0.15) is 58.5 Å². The standard InChI is InChI=1S/C21H14N2O6S/c24-17(14-8-4-10-28-14)22-18-16(13-7-3-9-15(13)30-18)21(27)29-23-19(25)11-5-1-2-6-12(11)20(23)26/h1-2,4-6,8,10H,3,7,9H2,(H,22,24). The van der Waals surface area contributed by atoms with Gasteiger partial charge in [0, 0.05) is 4.88 Å². The molecule has 0 saturated carbocycles. The number of nitrogens with one attached hydrogen (secondary N) is 1. The van der Waals surface area contributed by atoms with Crippen molar-refractivity contribution in [1.29, 1.82) is 0 Å². The van der Waals surface area contributed by atoms with Crippen molar-refractivity contribution in [2.24, 2.45) is 0 Å². The van der Waals surface area contributed by atoms with Crippen LogP contribution >= 0.6 is 11.3 Å². The number of benzene rings is 1. The summed E-state index contributed by atoms with van der Waals surface area (Å²) in [5, 5.41) is 3.47. The molecular formula is C21H14N2O6S. The fraction of sp³-hybridized carbons (Fsp3) is 0.143. The highest BCUT2D eigenvalue weighted by molar-refractivity contribution is 7.17. The number of hydroxylamine groups is 2. The van der Waals surface area contributed by atoms with Crippen molar-refractivity contribution >= 4 is 40.0 Å². The van der Waals surface area contributed by atoms with Crippen LogP contribution in [-0.2, 0) is 17.7 Å². The SMILES string of the molecule is O=C(Nc1sc2c(c1C(=O)ON1C(=O)c3ccccc3C1=O)CCC2)c1ccco1. The van der Waals surface area contributed by atoms with E-state index in [0.717, 1.165) is 23.3 Å². The Kier molecular flexibility index (Phi) is 4.25. The third-order valence-electron chi connectivity index (χ3n) is 5.03. The van der Waals surface area contributed by atoms with Crippen molar-refractivity contribution < 1.29 is 28.4 Å². The first-order chi connectivity index (χ1) is 14.5. The van der Waals surface area contributed by atoms with Gasteiger partial charge in [0.2, 0.25) is 0 Å². The van der Waals surface area contributed by atoms with Crippen LogP contribution in [0, 0.1) is 0 Å². The number of carbonyl (C=O) groups excluding carboxylic acids is 4. The summed E-state index contributed by atoms with van der Waals surface area (Å²) in [6.45, 7) is 0. The van der Waals surface area contributed by atoms with E-state index in [4.69, 9.17) is 9.25 Å². The second-order valence-electron chi connectivity index (χ2n) is 6.82. The van der Waals surface area contributed by atoms with Crippen LogP contribution in [0.2, 0.25) is 0 Å². The molecule has 1 aliphatic carbocycles. The Hall–Kier alpha value is -3.72. The number of carbonyl (C=O) groups is 4. The average molecular weight is 422 g/mol. The Morgan fingerprint density at radius 1 is 1.03 bits per heavy atom. The third-order valence-corrected chi connectivity index (χ3v) is 6.24. The molecule has 0 unspecified atom stereocenters. The molecule has 30 heavy (non-hydrogen) atoms. The summed E-state index contributed by atoms with van der Waals surface area (Å²) in [6, 6.07) is 9.35. The van der Waals surface area contributed by atoms with Crippen LogP contribution in [0.15, 0.2) is 47.1 Å². The third kappa shape index (κ3) is 2.82. The number of hydrogen-bond acceptors (Lipinski definition) is 7. The van der Waals surface area contributed by atoms with Crippen LogP contribution < -0.4 is 5.32 Å². The predicted octanol–water partition coefficient (Wildman–Crippen LogP) is 3.45. The molecule has 1 aliphatic heterocycles. The summed E-state index contributed by atoms with van der Waals surface area (Å²) in [5.74, 6) is -2.66. The van der Waals surface area contributed by atoms with Crippen LogP contribution in [0.3, 0.4) is 0 Å². The minimum atomic E-state index is -0.862. The molecular weight excluding hydrogens is 408 g/mol. The zero-order valence-corrected chi connectivity index (χ0v) is 16.3. The van der Waals surface area contributed by atoms with Crippen molar-refractivity contribution in [3.8, 4) is 0 Å². The van der Waals surface area contributed by atoms with Crippen LogP contribution in [-0.4, -0.2) is 28.8 Å². The van der Waals surface area contributed by atoms with E-state index >= 15 is 0 Å². The molecule has 0 atom stereocenters. The quantitative estimate of drug-likeness (QED) is 0.646. The van der Waals surface area contributed by atoms with Gasteiger partial charge in [0.05, 0.1) is 17.4 Å². The fourth-order valence-corrected chi connectivity index (χ4v) is 4.93. The second kappa shape index (κ2) is 6.96. The zero-order chi connectivity index (χ0) is 20.8. The predicted molar refractivity (Wildman–Crippen MR) is 105 cm³/mol. The lowest BCUT2D eigenvalue weighted by atomic mass is 10.1. The summed E-state index contributed by atoms with van der Waals surface area (Å²) in [5.41, 5.74) is 1.30. The Morgan fingerprint density at radius 3 is 2.43 bits per heavy atom. The highest BCUT2D eigenvalue weighted by atomic mass is 32.1. The molecule has 0 radical (unpaired) electrons. The van der Waals surface area contributed by atoms with Gasteiger partial charge < -0.3 is 14.6 Å². The first-order valence-corrected chi connectivity index (χ1v) is 10.1. The lowest BCUT2D eigenvalue weighted by Gasteiger charge is -2.14. The highest BCUT2D eigenvalue weighted by Crippen LogP contribution is 2.40. The van der Waals surface area contributed by atoms with Crippen molar-refractivity contribution in [2.75, 3.05) is 5.32 Å². The Morgan fingerprint density at radius 2 is 1.77 bits per heavy atom. The zero-order valence-electron chi connectivity index (χ0n) is 15.5. The molecule has 2 aliphatic rings. The van der Waals surface area contributed by atoms with E-state index in [1.54, 1.807) is 18.2 Å². The van der Waals surface area contributed by atoms with Gasteiger partial charge in [0.1, 0.15) is 10.6 Å². The number of hydrogen-bond donors (Lipinski definition) is 1. The lowest BCUT2D eigenvalue weighted by Crippen LogP contribution is -2.33. The minimum Gasteiger partial charge on any atom is -0.459 e. The molecule has 0 spiro atoms. The number of nitrogens with zero attached hydrogens (tertiary/aromatic N) is 1. The maximum atomic E-state index is 13.0. The molecule has 5 rings (SSSR count). The Balaban J connectivity index is 1.44. The number of imide groups is 1. The van der Waals surface area contributed by atoms with E-state index in [9.17, 15) is 19.2 Å². The summed E-state index contributed by atoms with van der Waals surface area (Å²) >= 11 is 1.29. The second-order valence-corrected chi connectivity index (χ2v) is 7.93. The lowest BCUT2D eigenvalue weighted by molar-refractivity contribution is -0.0584. The molecule has 8 nitrogen and oxygen atoms in total. The monoisotopic (exact) mass is 422 g/mol. The van der Waals surface area contributed by atoms with Gasteiger partial charge in [-0.25, -0.2) is 4.79 Å². The first kappa shape index (κ1) is 18.3. The van der Waals surface area contributed by atoms with Gasteiger partial charge in [0.25, 0.3) is 17.7 Å². The molecule has 9 heteroatoms. The number of anilines is 1. The number of aryl methyl sites for hydroxylation is 1. The van der Waals surface area contributed by atoms with Crippen molar-refractivity contribution in [3.05, 3.63) is 75.6 Å². The van der Waals surface area contributed by atoms with Crippen LogP contribution in [0.5, 0.6) is 0 Å². The van der Waals surface area contributed by atoms with Crippen molar-refractivity contribution in [1.82, 2.24) is 5.06 Å². The van der Waals surface area contributed by atoms with Gasteiger partial charge in [-0.1, -0.05) is 17.2 Å². The molecule has 1 aromatic carbocycles. The van der Waals surface area contributed by atoms with Gasteiger partial charge in [-0.05, 0) is 49.1 Å². The van der Waals surface area contributed by atoms with Crippen LogP contribution in [0.25, 0.3) is 0 Å². The topological polar surface area (TPSA) is 106 Å². The summed E-state index contributed by atoms with van der Waals surface area (Å²) < 4.78 is 5.10. The molecule has 0 fully saturated rings. The molecule has 2 aromatic heterocycles. The molecule has 3 aromatic rings. The van der Waals surface area contributed by atoms with Gasteiger partial charge in [0.15, 0.2) is 5.76 Å². The highest BCUT2D eigenvalue weighted by Gasteiger charge is 2.40. The number of fused-ring (bicyclic) bond motifs is 2. The van der Waals surface area contributed by atoms with E-state index in [1.165, 1.54) is 35.8 Å². The molecule has 0 bridgehead atoms. The maximum absolute atomic E-state index is 13.0. The number of furan rings is 1. The Bertz CT molecular complexity index is 1180. The van der Waals surface area contributed by atoms with E-state index in [2.05, 4.69) is 5.32 Å². The molecule has 3 heterocycles. The fourth-order valence-electron chi connectivity index (χ4n) is 3.66. The van der Waals surface area contributed by atoms with E-state index < -0.39 is 23.7 Å². The van der Waals surface area contributed by atoms with Gasteiger partial charge in [-0.3, -0.25) is 14.4 Å². The first-order valence-electron chi connectivity index (χ1n) is 9.24. The van der Waals surface area contributed by atoms with Crippen molar-refractivity contribution in [3.63, 3.8) is 0 Å². The van der Waals surface area contributed by atoms with Crippen molar-refractivity contribution in [2.45, 2.75) is 19.3 Å². The summed E-state index contributed by atoms with van der Waals surface area (Å²) in [6.07, 6.45) is 3.68. The molecule has 1 N–H and O–H groups in total. The van der Waals surface area contributed by atoms with Crippen LogP contribution in [0.4, 0.5) is 5.00 Å². The number of rotatable bonds is 4. The largest absolute Gasteiger partial charge is 0.459 e. The minimum absolute atomic E-state index is 0.100.